The third-order valence-corrected chi connectivity index (χ3v) is 5.14. The van der Waals surface area contributed by atoms with E-state index in [-0.39, 0.29) is 27.7 Å². The van der Waals surface area contributed by atoms with Gasteiger partial charge in [-0.3, -0.25) is 9.63 Å². The van der Waals surface area contributed by atoms with Crippen LogP contribution in [0.2, 0.25) is 0 Å². The zero-order valence-corrected chi connectivity index (χ0v) is 18.1. The number of carbonyl (C=O) groups is 1. The summed E-state index contributed by atoms with van der Waals surface area (Å²) in [5, 5.41) is 12.0. The molecule has 4 nitrogen and oxygen atoms in total. The van der Waals surface area contributed by atoms with Gasteiger partial charge in [0.2, 0.25) is 0 Å². The number of benzene rings is 2. The van der Waals surface area contributed by atoms with E-state index in [0.717, 1.165) is 21.8 Å². The zero-order chi connectivity index (χ0) is 21.7. The van der Waals surface area contributed by atoms with E-state index in [1.165, 1.54) is 13.2 Å². The lowest BCUT2D eigenvalue weighted by Crippen LogP contribution is -2.24. The third-order valence-electron chi connectivity index (χ3n) is 5.14. The minimum Gasteiger partial charge on any atom is -0.507 e. The fourth-order valence-electron chi connectivity index (χ4n) is 3.64. The highest BCUT2D eigenvalue weighted by atomic mass is 19.1. The molecule has 0 radical (unpaired) electrons. The van der Waals surface area contributed by atoms with Crippen molar-refractivity contribution in [3.8, 4) is 5.75 Å². The summed E-state index contributed by atoms with van der Waals surface area (Å²) in [6.45, 7) is 12.1. The first-order valence-electron chi connectivity index (χ1n) is 9.63. The van der Waals surface area contributed by atoms with E-state index in [1.807, 2.05) is 53.7 Å². The Balaban J connectivity index is 2.28. The van der Waals surface area contributed by atoms with Crippen LogP contribution in [0, 0.1) is 5.82 Å². The highest BCUT2D eigenvalue weighted by molar-refractivity contribution is 6.35. The molecule has 1 aliphatic rings. The molecule has 2 aromatic carbocycles. The number of halogens is 1. The standard InChI is InChI=1S/C24H28FNO3/c1-23(2,3)16-12-14(13-17(21(16)27)24(4,5)6)11-15-20-18(25)9-8-10-19(20)26(29-7)22(15)28/h8-13,27H,1-7H3. The molecule has 0 saturated carbocycles. The summed E-state index contributed by atoms with van der Waals surface area (Å²) in [5.41, 5.74) is 2.51. The number of nitrogens with zero attached hydrogens (tertiary/aromatic N) is 1. The number of phenols is 1. The van der Waals surface area contributed by atoms with Crippen molar-refractivity contribution in [3.63, 3.8) is 0 Å². The summed E-state index contributed by atoms with van der Waals surface area (Å²) in [4.78, 5) is 18.1. The molecule has 154 valence electrons. The molecule has 1 N–H and O–H groups in total. The fraction of sp³-hybridized carbons (Fsp3) is 0.375. The van der Waals surface area contributed by atoms with Crippen LogP contribution in [0.15, 0.2) is 30.3 Å². The first-order chi connectivity index (χ1) is 13.4. The summed E-state index contributed by atoms with van der Waals surface area (Å²) in [6, 6.07) is 8.25. The lowest BCUT2D eigenvalue weighted by atomic mass is 9.78. The maximum Gasteiger partial charge on any atom is 0.283 e. The van der Waals surface area contributed by atoms with Crippen molar-refractivity contribution >= 4 is 23.2 Å². The van der Waals surface area contributed by atoms with Gasteiger partial charge in [0.1, 0.15) is 11.6 Å². The largest absolute Gasteiger partial charge is 0.507 e. The summed E-state index contributed by atoms with van der Waals surface area (Å²) in [5.74, 6) is -0.641. The van der Waals surface area contributed by atoms with Crippen LogP contribution < -0.4 is 5.06 Å². The van der Waals surface area contributed by atoms with E-state index in [4.69, 9.17) is 4.84 Å². The number of hydrogen-bond donors (Lipinski definition) is 1. The van der Waals surface area contributed by atoms with Gasteiger partial charge in [-0.25, -0.2) is 4.39 Å². The topological polar surface area (TPSA) is 49.8 Å². The Labute approximate surface area is 171 Å². The second-order valence-electron chi connectivity index (χ2n) is 9.44. The van der Waals surface area contributed by atoms with E-state index < -0.39 is 11.7 Å². The average Bonchev–Trinajstić information content (AvgIpc) is 2.86. The summed E-state index contributed by atoms with van der Waals surface area (Å²) in [6.07, 6.45) is 1.67. The van der Waals surface area contributed by atoms with E-state index >= 15 is 0 Å². The fourth-order valence-corrected chi connectivity index (χ4v) is 3.64. The Morgan fingerprint density at radius 2 is 1.59 bits per heavy atom. The van der Waals surface area contributed by atoms with Crippen LogP contribution in [0.25, 0.3) is 11.6 Å². The Morgan fingerprint density at radius 3 is 2.07 bits per heavy atom. The maximum atomic E-state index is 14.6. The third kappa shape index (κ3) is 3.67. The molecule has 1 aliphatic heterocycles. The van der Waals surface area contributed by atoms with Gasteiger partial charge in [-0.2, -0.15) is 5.06 Å². The van der Waals surface area contributed by atoms with Gasteiger partial charge in [-0.15, -0.1) is 0 Å². The number of rotatable bonds is 2. The molecule has 29 heavy (non-hydrogen) atoms. The first-order valence-corrected chi connectivity index (χ1v) is 9.63. The Bertz CT molecular complexity index is 975. The monoisotopic (exact) mass is 397 g/mol. The van der Waals surface area contributed by atoms with Crippen LogP contribution in [-0.4, -0.2) is 18.1 Å². The number of fused-ring (bicyclic) bond motifs is 1. The molecule has 0 atom stereocenters. The maximum absolute atomic E-state index is 14.6. The van der Waals surface area contributed by atoms with Gasteiger partial charge in [0.25, 0.3) is 5.91 Å². The molecule has 5 heteroatoms. The second-order valence-corrected chi connectivity index (χ2v) is 9.44. The van der Waals surface area contributed by atoms with Gasteiger partial charge >= 0.3 is 0 Å². The van der Waals surface area contributed by atoms with Gasteiger partial charge in [-0.05, 0) is 46.7 Å². The van der Waals surface area contributed by atoms with Crippen molar-refractivity contribution in [2.45, 2.75) is 52.4 Å². The van der Waals surface area contributed by atoms with Gasteiger partial charge < -0.3 is 5.11 Å². The molecule has 0 aliphatic carbocycles. The van der Waals surface area contributed by atoms with Gasteiger partial charge in [0, 0.05) is 16.7 Å². The minimum atomic E-state index is -0.479. The van der Waals surface area contributed by atoms with Crippen molar-refractivity contribution in [1.29, 1.82) is 0 Å². The van der Waals surface area contributed by atoms with Crippen LogP contribution in [0.4, 0.5) is 10.1 Å². The van der Waals surface area contributed by atoms with Crippen LogP contribution in [-0.2, 0) is 20.5 Å². The lowest BCUT2D eigenvalue weighted by molar-refractivity contribution is -0.118. The van der Waals surface area contributed by atoms with Crippen LogP contribution in [0.5, 0.6) is 5.75 Å². The summed E-state index contributed by atoms with van der Waals surface area (Å²) in [7, 11) is 1.38. The first kappa shape index (κ1) is 21.1. The molecule has 0 saturated heterocycles. The molecule has 0 aromatic heterocycles. The zero-order valence-electron chi connectivity index (χ0n) is 18.1. The molecular formula is C24H28FNO3. The summed E-state index contributed by atoms with van der Waals surface area (Å²) < 4.78 is 14.6. The molecule has 3 rings (SSSR count). The average molecular weight is 397 g/mol. The van der Waals surface area contributed by atoms with Crippen molar-refractivity contribution in [3.05, 3.63) is 58.4 Å². The molecule has 0 unspecified atom stereocenters. The predicted molar refractivity (Wildman–Crippen MR) is 114 cm³/mol. The van der Waals surface area contributed by atoms with Crippen LogP contribution >= 0.6 is 0 Å². The smallest absolute Gasteiger partial charge is 0.283 e. The number of anilines is 1. The SMILES string of the molecule is CON1C(=O)C(=Cc2cc(C(C)(C)C)c(O)c(C(C)(C)C)c2)c2c(F)cccc21. The highest BCUT2D eigenvalue weighted by Crippen LogP contribution is 2.43. The van der Waals surface area contributed by atoms with E-state index in [2.05, 4.69) is 0 Å². The predicted octanol–water partition coefficient (Wildman–Crippen LogP) is 5.57. The number of carbonyl (C=O) groups excluding carboxylic acids is 1. The van der Waals surface area contributed by atoms with E-state index in [0.29, 0.717) is 5.69 Å². The molecule has 0 bridgehead atoms. The van der Waals surface area contributed by atoms with Crippen LogP contribution in [0.1, 0.15) is 63.8 Å². The van der Waals surface area contributed by atoms with Gasteiger partial charge in [0.15, 0.2) is 0 Å². The van der Waals surface area contributed by atoms with Crippen molar-refractivity contribution in [1.82, 2.24) is 0 Å². The van der Waals surface area contributed by atoms with Gasteiger partial charge in [0.05, 0.1) is 18.4 Å². The van der Waals surface area contributed by atoms with Crippen molar-refractivity contribution in [2.75, 3.05) is 12.2 Å². The Hall–Kier alpha value is -2.66. The molecular weight excluding hydrogens is 369 g/mol. The number of aromatic hydroxyl groups is 1. The Morgan fingerprint density at radius 1 is 1.03 bits per heavy atom. The van der Waals surface area contributed by atoms with Crippen LogP contribution in [0.3, 0.4) is 0 Å². The molecule has 1 heterocycles. The Kier molecular flexibility index (Phi) is 5.08. The normalized spacial score (nSPS) is 15.9. The van der Waals surface area contributed by atoms with E-state index in [1.54, 1.807) is 18.2 Å². The van der Waals surface area contributed by atoms with Crippen molar-refractivity contribution < 1.29 is 19.1 Å². The molecule has 1 amide bonds. The van der Waals surface area contributed by atoms with Gasteiger partial charge in [-0.1, -0.05) is 47.6 Å². The second kappa shape index (κ2) is 6.99. The van der Waals surface area contributed by atoms with Crippen molar-refractivity contribution in [2.24, 2.45) is 0 Å². The molecule has 2 aromatic rings. The lowest BCUT2D eigenvalue weighted by Gasteiger charge is -2.28. The number of hydrogen-bond acceptors (Lipinski definition) is 3. The quantitative estimate of drug-likeness (QED) is 0.674. The molecule has 0 fully saturated rings. The number of hydroxylamine groups is 1. The number of phenolic OH excluding ortho intramolecular Hbond substituents is 1. The molecule has 0 spiro atoms. The number of amides is 1. The highest BCUT2D eigenvalue weighted by Gasteiger charge is 2.35. The van der Waals surface area contributed by atoms with E-state index in [9.17, 15) is 14.3 Å². The summed E-state index contributed by atoms with van der Waals surface area (Å²) >= 11 is 0. The minimum absolute atomic E-state index is 0.224.